The van der Waals surface area contributed by atoms with E-state index in [9.17, 15) is 9.90 Å². The largest absolute Gasteiger partial charge is 0.497 e. The molecule has 0 bridgehead atoms. The van der Waals surface area contributed by atoms with E-state index in [0.29, 0.717) is 32.5 Å². The number of aliphatic hydroxyl groups is 1. The van der Waals surface area contributed by atoms with Gasteiger partial charge in [-0.2, -0.15) is 0 Å². The molecule has 3 aromatic carbocycles. The third-order valence-corrected chi connectivity index (χ3v) is 15.9. The predicted molar refractivity (Wildman–Crippen MR) is 203 cm³/mol. The summed E-state index contributed by atoms with van der Waals surface area (Å²) in [7, 11) is -0.617. The summed E-state index contributed by atoms with van der Waals surface area (Å²) in [6.45, 7) is 9.62. The van der Waals surface area contributed by atoms with Gasteiger partial charge < -0.3 is 30.1 Å². The fourth-order valence-corrected chi connectivity index (χ4v) is 12.9. The molecule has 0 aliphatic carbocycles. The van der Waals surface area contributed by atoms with Gasteiger partial charge in [0.2, 0.25) is 5.91 Å². The van der Waals surface area contributed by atoms with Gasteiger partial charge in [-0.05, 0) is 67.2 Å². The number of carbonyl (C=O) groups excluding carboxylic acids is 2. The number of aromatic nitrogens is 3. The van der Waals surface area contributed by atoms with Crippen molar-refractivity contribution in [2.75, 3.05) is 37.0 Å². The maximum atomic E-state index is 15.1. The van der Waals surface area contributed by atoms with Crippen molar-refractivity contribution in [3.63, 3.8) is 0 Å². The highest BCUT2D eigenvalue weighted by Crippen LogP contribution is 2.60. The maximum Gasteiger partial charge on any atom is 0.264 e. The first-order valence-electron chi connectivity index (χ1n) is 18.5. The third-order valence-electron chi connectivity index (χ3n) is 11.6. The number of hydrogen-bond donors (Lipinski definition) is 3. The maximum absolute atomic E-state index is 15.1. The van der Waals surface area contributed by atoms with Crippen LogP contribution in [0.2, 0.25) is 18.6 Å². The quantitative estimate of drug-likeness (QED) is 0.181. The molecule has 0 radical (unpaired) electrons. The number of nitrogens with one attached hydrogen (secondary N) is 2. The summed E-state index contributed by atoms with van der Waals surface area (Å²) in [5, 5.41) is 25.6. The minimum absolute atomic E-state index is 0.0191. The molecule has 1 spiro atoms. The van der Waals surface area contributed by atoms with Crippen molar-refractivity contribution < 1.29 is 24.2 Å². The summed E-state index contributed by atoms with van der Waals surface area (Å²) in [5.74, 6) is 0.670. The van der Waals surface area contributed by atoms with Crippen LogP contribution < -0.4 is 25.5 Å². The first-order valence-corrected chi connectivity index (χ1v) is 21.6. The van der Waals surface area contributed by atoms with Crippen LogP contribution in [-0.4, -0.2) is 72.9 Å². The van der Waals surface area contributed by atoms with Crippen LogP contribution in [0.15, 0.2) is 79.0 Å². The van der Waals surface area contributed by atoms with Gasteiger partial charge in [-0.3, -0.25) is 14.3 Å². The highest BCUT2D eigenvalue weighted by Gasteiger charge is 2.66. The van der Waals surface area contributed by atoms with Gasteiger partial charge in [-0.25, -0.2) is 0 Å². The third kappa shape index (κ3) is 6.68. The average Bonchev–Trinajstić information content (AvgIpc) is 3.81. The Balaban J connectivity index is 1.18. The molecular weight excluding hydrogens is 673 g/mol. The molecule has 2 fully saturated rings. The van der Waals surface area contributed by atoms with E-state index in [-0.39, 0.29) is 41.9 Å². The van der Waals surface area contributed by atoms with Crippen LogP contribution in [0.1, 0.15) is 43.0 Å². The van der Waals surface area contributed by atoms with Gasteiger partial charge in [0.05, 0.1) is 45.1 Å². The molecule has 3 N–H and O–H groups in total. The Morgan fingerprint density at radius 1 is 1.12 bits per heavy atom. The fourth-order valence-electron chi connectivity index (χ4n) is 8.83. The molecule has 7 rings (SSSR count). The smallest absolute Gasteiger partial charge is 0.264 e. The van der Waals surface area contributed by atoms with Gasteiger partial charge in [0.15, 0.2) is 5.60 Å². The lowest BCUT2D eigenvalue weighted by molar-refractivity contribution is -0.146. The number of ether oxygens (including phenoxy) is 2. The minimum Gasteiger partial charge on any atom is -0.497 e. The molecule has 274 valence electrons. The summed E-state index contributed by atoms with van der Waals surface area (Å²) >= 11 is 0. The van der Waals surface area contributed by atoms with E-state index in [4.69, 9.17) is 9.47 Å². The van der Waals surface area contributed by atoms with Gasteiger partial charge in [0.1, 0.15) is 5.75 Å². The first kappa shape index (κ1) is 36.0. The highest BCUT2D eigenvalue weighted by atomic mass is 28.3. The number of amides is 2. The standard InChI is InChI=1S/C40H50N6O5Si/c1-27-37(52(3,4)33-17-15-32(50-2)16-18-33)36(19-22-45-26-31(20-23-47)43-44-45)51-40(27)34-9-5-6-10-35(34)46(39(40)49)25-28-11-13-30(14-12-28)42-38(48)29-8-7-21-41-24-29/h5-6,9-18,26-27,29,36-37,41,47H,7-8,19-25H2,1-4H3,(H,42,48)/t27-,29?,36+,37-,40+/m1/s1. The van der Waals surface area contributed by atoms with E-state index in [1.54, 1.807) is 7.11 Å². The number of nitrogens with zero attached hydrogens (tertiary/aromatic N) is 4. The number of methoxy groups -OCH3 is 1. The first-order chi connectivity index (χ1) is 25.1. The minimum atomic E-state index is -2.30. The lowest BCUT2D eigenvalue weighted by Crippen LogP contribution is -2.51. The number of piperidine rings is 1. The molecule has 4 heterocycles. The van der Waals surface area contributed by atoms with Gasteiger partial charge in [0, 0.05) is 49.5 Å². The van der Waals surface area contributed by atoms with Crippen LogP contribution in [-0.2, 0) is 39.4 Å². The van der Waals surface area contributed by atoms with E-state index in [0.717, 1.165) is 53.3 Å². The Hall–Kier alpha value is -4.36. The average molecular weight is 723 g/mol. The molecule has 4 aromatic rings. The Kier molecular flexibility index (Phi) is 10.3. The van der Waals surface area contributed by atoms with Crippen molar-refractivity contribution in [3.8, 4) is 5.75 Å². The molecule has 5 atom stereocenters. The zero-order chi connectivity index (χ0) is 36.5. The molecule has 1 unspecified atom stereocenters. The fraction of sp³-hybridized carbons (Fsp3) is 0.450. The zero-order valence-corrected chi connectivity index (χ0v) is 31.5. The van der Waals surface area contributed by atoms with Crippen LogP contribution in [0.25, 0.3) is 0 Å². The lowest BCUT2D eigenvalue weighted by Gasteiger charge is -2.37. The van der Waals surface area contributed by atoms with Crippen LogP contribution >= 0.6 is 0 Å². The molecule has 3 aliphatic rings. The van der Waals surface area contributed by atoms with E-state index < -0.39 is 13.7 Å². The van der Waals surface area contributed by atoms with Gasteiger partial charge >= 0.3 is 0 Å². The monoisotopic (exact) mass is 722 g/mol. The van der Waals surface area contributed by atoms with Crippen molar-refractivity contribution >= 4 is 36.4 Å². The Bertz CT molecular complexity index is 1880. The van der Waals surface area contributed by atoms with Crippen molar-refractivity contribution in [2.24, 2.45) is 11.8 Å². The topological polar surface area (TPSA) is 131 Å². The molecule has 1 aromatic heterocycles. The van der Waals surface area contributed by atoms with Crippen LogP contribution in [0, 0.1) is 11.8 Å². The van der Waals surface area contributed by atoms with Gasteiger partial charge in [0.25, 0.3) is 5.91 Å². The number of rotatable bonds is 12. The van der Waals surface area contributed by atoms with Crippen molar-refractivity contribution in [1.82, 2.24) is 20.3 Å². The number of aryl methyl sites for hydroxylation is 1. The molecule has 12 heteroatoms. The highest BCUT2D eigenvalue weighted by molar-refractivity contribution is 6.91. The molecule has 52 heavy (non-hydrogen) atoms. The predicted octanol–water partition coefficient (Wildman–Crippen LogP) is 4.61. The number of para-hydroxylation sites is 1. The number of benzene rings is 3. The molecule has 2 saturated heterocycles. The summed E-state index contributed by atoms with van der Waals surface area (Å²) in [5.41, 5.74) is 3.20. The molecule has 3 aliphatic heterocycles. The van der Waals surface area contributed by atoms with Crippen molar-refractivity contribution in [1.29, 1.82) is 0 Å². The van der Waals surface area contributed by atoms with E-state index in [2.05, 4.69) is 59.2 Å². The van der Waals surface area contributed by atoms with Crippen molar-refractivity contribution in [2.45, 2.75) is 76.0 Å². The zero-order valence-electron chi connectivity index (χ0n) is 30.5. The van der Waals surface area contributed by atoms with Crippen molar-refractivity contribution in [3.05, 3.63) is 95.8 Å². The Morgan fingerprint density at radius 2 is 1.88 bits per heavy atom. The summed E-state index contributed by atoms with van der Waals surface area (Å²) < 4.78 is 14.6. The van der Waals surface area contributed by atoms with E-state index in [1.807, 2.05) is 70.4 Å². The normalized spacial score (nSPS) is 24.3. The SMILES string of the molecule is COc1ccc([Si](C)(C)[C@H]2[C@H](CCn3cc(CCO)nn3)O[C@@]3(C(=O)N(Cc4ccc(NC(=O)C5CCCNC5)cc4)c4ccccc43)[C@@H]2C)cc1. The van der Waals surface area contributed by atoms with Gasteiger partial charge in [-0.15, -0.1) is 5.10 Å². The Labute approximate surface area is 306 Å². The van der Waals surface area contributed by atoms with Crippen LogP contribution in [0.5, 0.6) is 5.75 Å². The second-order valence-corrected chi connectivity index (χ2v) is 19.7. The van der Waals surface area contributed by atoms with E-state index >= 15 is 4.79 Å². The molecule has 0 saturated carbocycles. The van der Waals surface area contributed by atoms with Crippen LogP contribution in [0.4, 0.5) is 11.4 Å². The number of hydrogen-bond acceptors (Lipinski definition) is 8. The summed E-state index contributed by atoms with van der Waals surface area (Å²) in [6.07, 6.45) is 4.67. The summed E-state index contributed by atoms with van der Waals surface area (Å²) in [4.78, 5) is 29.8. The summed E-state index contributed by atoms with van der Waals surface area (Å²) in [6, 6.07) is 24.3. The van der Waals surface area contributed by atoms with Crippen LogP contribution in [0.3, 0.4) is 0 Å². The van der Waals surface area contributed by atoms with Gasteiger partial charge in [-0.1, -0.05) is 72.9 Å². The number of fused-ring (bicyclic) bond motifs is 2. The van der Waals surface area contributed by atoms with E-state index in [1.165, 1.54) is 5.19 Å². The second-order valence-electron chi connectivity index (χ2n) is 15.0. The molecular formula is C40H50N6O5Si. The molecule has 2 amide bonds. The lowest BCUT2D eigenvalue weighted by atomic mass is 9.82. The number of aliphatic hydroxyl groups excluding tert-OH is 1. The second kappa shape index (κ2) is 14.9. The Morgan fingerprint density at radius 3 is 2.60 bits per heavy atom. The number of carbonyl (C=O) groups is 2. The number of anilines is 2. The molecule has 11 nitrogen and oxygen atoms in total.